The summed E-state index contributed by atoms with van der Waals surface area (Å²) in [6.45, 7) is 4.37. The highest BCUT2D eigenvalue weighted by Gasteiger charge is 2.27. The SMILES string of the molecule is CC1CCC(NC(=O)c2cnc(C(=O)O)cn2)C(C)C1. The smallest absolute Gasteiger partial charge is 0.356 e. The number of nitrogens with one attached hydrogen (secondary N) is 1. The summed E-state index contributed by atoms with van der Waals surface area (Å²) in [6.07, 6.45) is 5.49. The van der Waals surface area contributed by atoms with E-state index in [1.54, 1.807) is 0 Å². The van der Waals surface area contributed by atoms with Crippen LogP contribution in [0, 0.1) is 11.8 Å². The Morgan fingerprint density at radius 2 is 1.85 bits per heavy atom. The number of carbonyl (C=O) groups is 2. The molecule has 1 heterocycles. The predicted molar refractivity (Wildman–Crippen MR) is 72.4 cm³/mol. The van der Waals surface area contributed by atoms with Gasteiger partial charge in [0.05, 0.1) is 12.4 Å². The van der Waals surface area contributed by atoms with Gasteiger partial charge in [0.1, 0.15) is 5.69 Å². The summed E-state index contributed by atoms with van der Waals surface area (Å²) in [7, 11) is 0. The van der Waals surface area contributed by atoms with E-state index in [4.69, 9.17) is 5.11 Å². The van der Waals surface area contributed by atoms with Crippen molar-refractivity contribution in [1.82, 2.24) is 15.3 Å². The Bertz CT molecular complexity index is 501. The summed E-state index contributed by atoms with van der Waals surface area (Å²) in [4.78, 5) is 30.3. The highest BCUT2D eigenvalue weighted by Crippen LogP contribution is 2.28. The summed E-state index contributed by atoms with van der Waals surface area (Å²) in [5.41, 5.74) is -0.0118. The van der Waals surface area contributed by atoms with Gasteiger partial charge in [-0.1, -0.05) is 13.8 Å². The molecule has 0 saturated heterocycles. The second-order valence-corrected chi connectivity index (χ2v) is 5.57. The molecule has 0 aromatic carbocycles. The van der Waals surface area contributed by atoms with Gasteiger partial charge in [0.25, 0.3) is 5.91 Å². The lowest BCUT2D eigenvalue weighted by Gasteiger charge is -2.33. The van der Waals surface area contributed by atoms with E-state index in [0.717, 1.165) is 25.5 Å². The lowest BCUT2D eigenvalue weighted by atomic mass is 9.80. The zero-order valence-electron chi connectivity index (χ0n) is 11.7. The van der Waals surface area contributed by atoms with Crippen LogP contribution in [0.3, 0.4) is 0 Å². The molecular weight excluding hydrogens is 258 g/mol. The van der Waals surface area contributed by atoms with E-state index in [9.17, 15) is 9.59 Å². The molecule has 1 aromatic heterocycles. The standard InChI is InChI=1S/C14H19N3O3/c1-8-3-4-10(9(2)5-8)17-13(18)11-6-16-12(7-15-11)14(19)20/h6-10H,3-5H2,1-2H3,(H,17,18)(H,19,20). The number of hydrogen-bond donors (Lipinski definition) is 2. The molecule has 0 aliphatic heterocycles. The van der Waals surface area contributed by atoms with Gasteiger partial charge < -0.3 is 10.4 Å². The first-order valence-corrected chi connectivity index (χ1v) is 6.83. The Balaban J connectivity index is 1.99. The first kappa shape index (κ1) is 14.4. The van der Waals surface area contributed by atoms with Crippen LogP contribution < -0.4 is 5.32 Å². The van der Waals surface area contributed by atoms with Crippen LogP contribution >= 0.6 is 0 Å². The van der Waals surface area contributed by atoms with E-state index in [1.807, 2.05) is 0 Å². The van der Waals surface area contributed by atoms with Crippen LogP contribution in [-0.4, -0.2) is 33.0 Å². The van der Waals surface area contributed by atoms with Crippen molar-refractivity contribution in [3.8, 4) is 0 Å². The average Bonchev–Trinajstić information content (AvgIpc) is 2.42. The van der Waals surface area contributed by atoms with Gasteiger partial charge >= 0.3 is 5.97 Å². The summed E-state index contributed by atoms with van der Waals surface area (Å²) < 4.78 is 0. The molecule has 6 heteroatoms. The van der Waals surface area contributed by atoms with E-state index in [1.165, 1.54) is 6.20 Å². The number of hydrogen-bond acceptors (Lipinski definition) is 4. The molecular formula is C14H19N3O3. The van der Waals surface area contributed by atoms with Gasteiger partial charge in [-0.2, -0.15) is 0 Å². The minimum Gasteiger partial charge on any atom is -0.476 e. The number of carbonyl (C=O) groups excluding carboxylic acids is 1. The Hall–Kier alpha value is -1.98. The maximum Gasteiger partial charge on any atom is 0.356 e. The Morgan fingerprint density at radius 3 is 2.40 bits per heavy atom. The van der Waals surface area contributed by atoms with Crippen LogP contribution in [0.2, 0.25) is 0 Å². The van der Waals surface area contributed by atoms with Crippen molar-refractivity contribution >= 4 is 11.9 Å². The predicted octanol–water partition coefficient (Wildman–Crippen LogP) is 1.73. The second kappa shape index (κ2) is 5.98. The quantitative estimate of drug-likeness (QED) is 0.877. The first-order chi connectivity index (χ1) is 9.47. The number of aromatic nitrogens is 2. The molecule has 1 aliphatic carbocycles. The molecule has 1 aromatic rings. The van der Waals surface area contributed by atoms with E-state index >= 15 is 0 Å². The molecule has 0 radical (unpaired) electrons. The Morgan fingerprint density at radius 1 is 1.20 bits per heavy atom. The lowest BCUT2D eigenvalue weighted by molar-refractivity contribution is 0.0688. The van der Waals surface area contributed by atoms with E-state index in [2.05, 4.69) is 29.1 Å². The normalized spacial score (nSPS) is 26.0. The molecule has 1 fully saturated rings. The third-order valence-corrected chi connectivity index (χ3v) is 3.85. The van der Waals surface area contributed by atoms with Crippen LogP contribution in [0.25, 0.3) is 0 Å². The first-order valence-electron chi connectivity index (χ1n) is 6.83. The highest BCUT2D eigenvalue weighted by atomic mass is 16.4. The molecule has 1 amide bonds. The summed E-state index contributed by atoms with van der Waals surface area (Å²) >= 11 is 0. The van der Waals surface area contributed by atoms with Crippen LogP contribution in [0.15, 0.2) is 12.4 Å². The van der Waals surface area contributed by atoms with Gasteiger partial charge in [0.2, 0.25) is 0 Å². The zero-order chi connectivity index (χ0) is 14.7. The molecule has 1 aliphatic rings. The summed E-state index contributed by atoms with van der Waals surface area (Å²) in [6, 6.07) is 0.152. The zero-order valence-corrected chi connectivity index (χ0v) is 11.7. The van der Waals surface area contributed by atoms with Crippen molar-refractivity contribution in [1.29, 1.82) is 0 Å². The van der Waals surface area contributed by atoms with E-state index in [-0.39, 0.29) is 23.3 Å². The molecule has 3 unspecified atom stereocenters. The number of nitrogens with zero attached hydrogens (tertiary/aromatic N) is 2. The van der Waals surface area contributed by atoms with Gasteiger partial charge in [0, 0.05) is 6.04 Å². The monoisotopic (exact) mass is 277 g/mol. The van der Waals surface area contributed by atoms with Crippen molar-refractivity contribution in [2.75, 3.05) is 0 Å². The van der Waals surface area contributed by atoms with Gasteiger partial charge in [0.15, 0.2) is 5.69 Å². The van der Waals surface area contributed by atoms with Crippen LogP contribution in [0.1, 0.15) is 54.1 Å². The fourth-order valence-electron chi connectivity index (χ4n) is 2.68. The topological polar surface area (TPSA) is 92.2 Å². The number of aromatic carboxylic acids is 1. The van der Waals surface area contributed by atoms with E-state index in [0.29, 0.717) is 11.8 Å². The molecule has 20 heavy (non-hydrogen) atoms. The van der Waals surface area contributed by atoms with Gasteiger partial charge in [-0.3, -0.25) is 4.79 Å². The van der Waals surface area contributed by atoms with Gasteiger partial charge in [-0.15, -0.1) is 0 Å². The molecule has 6 nitrogen and oxygen atoms in total. The van der Waals surface area contributed by atoms with Crippen LogP contribution in [0.4, 0.5) is 0 Å². The van der Waals surface area contributed by atoms with Crippen LogP contribution in [-0.2, 0) is 0 Å². The molecule has 0 spiro atoms. The number of rotatable bonds is 3. The van der Waals surface area contributed by atoms with Crippen molar-refractivity contribution in [2.45, 2.75) is 39.2 Å². The van der Waals surface area contributed by atoms with Gasteiger partial charge in [-0.25, -0.2) is 14.8 Å². The molecule has 0 bridgehead atoms. The number of carboxylic acid groups (broad SMARTS) is 1. The average molecular weight is 277 g/mol. The number of amides is 1. The third-order valence-electron chi connectivity index (χ3n) is 3.85. The molecule has 3 atom stereocenters. The van der Waals surface area contributed by atoms with Crippen molar-refractivity contribution in [3.05, 3.63) is 23.8 Å². The minimum atomic E-state index is -1.15. The molecule has 108 valence electrons. The molecule has 2 N–H and O–H groups in total. The van der Waals surface area contributed by atoms with Crippen molar-refractivity contribution in [3.63, 3.8) is 0 Å². The minimum absolute atomic E-state index is 0.152. The lowest BCUT2D eigenvalue weighted by Crippen LogP contribution is -2.42. The van der Waals surface area contributed by atoms with Crippen molar-refractivity contribution in [2.24, 2.45) is 11.8 Å². The Labute approximate surface area is 117 Å². The van der Waals surface area contributed by atoms with Gasteiger partial charge in [-0.05, 0) is 31.1 Å². The Kier molecular flexibility index (Phi) is 4.32. The fourth-order valence-corrected chi connectivity index (χ4v) is 2.68. The largest absolute Gasteiger partial charge is 0.476 e. The fraction of sp³-hybridized carbons (Fsp3) is 0.571. The summed E-state index contributed by atoms with van der Waals surface area (Å²) in [5.74, 6) is -0.304. The maximum atomic E-state index is 12.1. The summed E-state index contributed by atoms with van der Waals surface area (Å²) in [5, 5.41) is 11.7. The molecule has 1 saturated carbocycles. The van der Waals surface area contributed by atoms with Crippen LogP contribution in [0.5, 0.6) is 0 Å². The second-order valence-electron chi connectivity index (χ2n) is 5.57. The molecule has 2 rings (SSSR count). The van der Waals surface area contributed by atoms with E-state index < -0.39 is 5.97 Å². The maximum absolute atomic E-state index is 12.1. The van der Waals surface area contributed by atoms with Crippen molar-refractivity contribution < 1.29 is 14.7 Å². The third kappa shape index (κ3) is 3.31. The highest BCUT2D eigenvalue weighted by molar-refractivity contribution is 5.92. The number of carboxylic acids is 1.